The van der Waals surface area contributed by atoms with Crippen molar-refractivity contribution in [2.75, 3.05) is 19.5 Å². The molecule has 6 nitrogen and oxygen atoms in total. The topological polar surface area (TPSA) is 71.6 Å². The van der Waals surface area contributed by atoms with Gasteiger partial charge in [0.1, 0.15) is 0 Å². The molecule has 0 aliphatic carbocycles. The van der Waals surface area contributed by atoms with Gasteiger partial charge in [0.25, 0.3) is 5.91 Å². The summed E-state index contributed by atoms with van der Waals surface area (Å²) < 4.78 is 37.2. The van der Waals surface area contributed by atoms with Gasteiger partial charge in [-0.25, -0.2) is 8.78 Å². The van der Waals surface area contributed by atoms with Gasteiger partial charge in [-0.05, 0) is 49.0 Å². The first-order chi connectivity index (χ1) is 13.8. The van der Waals surface area contributed by atoms with Crippen molar-refractivity contribution in [3.8, 4) is 11.5 Å². The first-order valence-electron chi connectivity index (χ1n) is 8.60. The fourth-order valence-electron chi connectivity index (χ4n) is 3.05. The lowest BCUT2D eigenvalue weighted by molar-refractivity contribution is -0.113. The fourth-order valence-corrected chi connectivity index (χ4v) is 3.32. The highest BCUT2D eigenvalue weighted by molar-refractivity contribution is 7.80. The Morgan fingerprint density at radius 3 is 2.45 bits per heavy atom. The molecule has 29 heavy (non-hydrogen) atoms. The molecule has 0 saturated heterocycles. The number of methoxy groups -OCH3 is 2. The van der Waals surface area contributed by atoms with Crippen LogP contribution in [0, 0.1) is 11.6 Å². The number of anilines is 1. The normalized spacial score (nSPS) is 16.0. The largest absolute Gasteiger partial charge is 0.493 e. The van der Waals surface area contributed by atoms with Crippen LogP contribution in [-0.4, -0.2) is 25.2 Å². The number of carbonyl (C=O) groups is 1. The minimum absolute atomic E-state index is 0.133. The van der Waals surface area contributed by atoms with Gasteiger partial charge < -0.3 is 25.4 Å². The van der Waals surface area contributed by atoms with Crippen molar-refractivity contribution in [3.05, 3.63) is 64.9 Å². The van der Waals surface area contributed by atoms with E-state index in [1.165, 1.54) is 20.3 Å². The number of benzene rings is 2. The van der Waals surface area contributed by atoms with Crippen LogP contribution in [0.2, 0.25) is 0 Å². The third-order valence-electron chi connectivity index (χ3n) is 4.43. The Labute approximate surface area is 171 Å². The predicted molar refractivity (Wildman–Crippen MR) is 109 cm³/mol. The fraction of sp³-hybridized carbons (Fsp3) is 0.200. The van der Waals surface area contributed by atoms with Crippen molar-refractivity contribution in [2.24, 2.45) is 0 Å². The molecule has 0 aromatic heterocycles. The lowest BCUT2D eigenvalue weighted by Crippen LogP contribution is -2.45. The zero-order valence-electron chi connectivity index (χ0n) is 15.9. The molecule has 1 atom stereocenters. The highest BCUT2D eigenvalue weighted by atomic mass is 32.1. The van der Waals surface area contributed by atoms with Gasteiger partial charge in [0.15, 0.2) is 28.2 Å². The number of rotatable bonds is 5. The van der Waals surface area contributed by atoms with Gasteiger partial charge in [0.05, 0.1) is 25.8 Å². The van der Waals surface area contributed by atoms with Crippen molar-refractivity contribution in [1.29, 1.82) is 0 Å². The van der Waals surface area contributed by atoms with Crippen LogP contribution < -0.4 is 25.4 Å². The number of halogens is 2. The van der Waals surface area contributed by atoms with Crippen LogP contribution >= 0.6 is 12.2 Å². The smallest absolute Gasteiger partial charge is 0.255 e. The lowest BCUT2D eigenvalue weighted by atomic mass is 9.94. The van der Waals surface area contributed by atoms with Gasteiger partial charge in [-0.3, -0.25) is 4.79 Å². The summed E-state index contributed by atoms with van der Waals surface area (Å²) in [7, 11) is 3.04. The van der Waals surface area contributed by atoms with Crippen molar-refractivity contribution in [2.45, 2.75) is 13.0 Å². The van der Waals surface area contributed by atoms with E-state index in [2.05, 4.69) is 16.0 Å². The van der Waals surface area contributed by atoms with Crippen molar-refractivity contribution in [1.82, 2.24) is 10.6 Å². The molecule has 1 aliphatic heterocycles. The van der Waals surface area contributed by atoms with Crippen LogP contribution in [0.4, 0.5) is 14.5 Å². The second kappa shape index (κ2) is 8.44. The molecule has 0 fully saturated rings. The summed E-state index contributed by atoms with van der Waals surface area (Å²) in [6, 6.07) is 7.81. The van der Waals surface area contributed by atoms with Gasteiger partial charge in [0, 0.05) is 17.5 Å². The average molecular weight is 419 g/mol. The SMILES string of the molecule is COc1ccc([C@@H]2NC(=S)NC(C)=C2C(=O)Nc2ccc(F)c(F)c2)cc1OC. The average Bonchev–Trinajstić information content (AvgIpc) is 2.69. The second-order valence-electron chi connectivity index (χ2n) is 6.27. The predicted octanol–water partition coefficient (Wildman–Crippen LogP) is 3.41. The molecular formula is C20H19F2N3O3S. The summed E-state index contributed by atoms with van der Waals surface area (Å²) in [4.78, 5) is 13.0. The van der Waals surface area contributed by atoms with E-state index in [0.29, 0.717) is 33.4 Å². The molecule has 2 aromatic carbocycles. The zero-order valence-corrected chi connectivity index (χ0v) is 16.7. The number of carbonyl (C=O) groups excluding carboxylic acids is 1. The van der Waals surface area contributed by atoms with E-state index in [1.807, 2.05) is 0 Å². The van der Waals surface area contributed by atoms with Gasteiger partial charge in [-0.1, -0.05) is 6.07 Å². The molecule has 0 spiro atoms. The Hall–Kier alpha value is -3.20. The summed E-state index contributed by atoms with van der Waals surface area (Å²) in [5, 5.41) is 8.92. The van der Waals surface area contributed by atoms with Crippen LogP contribution in [0.15, 0.2) is 47.7 Å². The maximum atomic E-state index is 13.5. The minimum Gasteiger partial charge on any atom is -0.493 e. The van der Waals surface area contributed by atoms with Crippen molar-refractivity contribution < 1.29 is 23.0 Å². The third-order valence-corrected chi connectivity index (χ3v) is 4.65. The Balaban J connectivity index is 1.97. The highest BCUT2D eigenvalue weighted by Crippen LogP contribution is 2.34. The molecule has 152 valence electrons. The summed E-state index contributed by atoms with van der Waals surface area (Å²) in [5.74, 6) is -1.50. The molecule has 3 rings (SSSR count). The van der Waals surface area contributed by atoms with Crippen LogP contribution in [0.3, 0.4) is 0 Å². The van der Waals surface area contributed by atoms with Gasteiger partial charge in [-0.2, -0.15) is 0 Å². The van der Waals surface area contributed by atoms with E-state index in [0.717, 1.165) is 12.1 Å². The number of nitrogens with one attached hydrogen (secondary N) is 3. The quantitative estimate of drug-likeness (QED) is 0.646. The maximum absolute atomic E-state index is 13.5. The van der Waals surface area contributed by atoms with E-state index >= 15 is 0 Å². The minimum atomic E-state index is -1.05. The standard InChI is InChI=1S/C20H19F2N3O3S/c1-10-17(19(26)24-12-5-6-13(21)14(22)9-12)18(25-20(29)23-10)11-4-7-15(27-2)16(8-11)28-3/h4-9,18H,1-3H3,(H,24,26)(H2,23,25,29)/t18-/m0/s1. The molecule has 1 aliphatic rings. The van der Waals surface area contributed by atoms with Crippen LogP contribution in [0.1, 0.15) is 18.5 Å². The van der Waals surface area contributed by atoms with Gasteiger partial charge >= 0.3 is 0 Å². The summed E-state index contributed by atoms with van der Waals surface area (Å²) in [5.41, 5.74) is 1.72. The first-order valence-corrected chi connectivity index (χ1v) is 9.01. The number of allylic oxidation sites excluding steroid dienone is 1. The maximum Gasteiger partial charge on any atom is 0.255 e. The Morgan fingerprint density at radius 1 is 1.07 bits per heavy atom. The summed E-state index contributed by atoms with van der Waals surface area (Å²) in [6.07, 6.45) is 0. The Kier molecular flexibility index (Phi) is 5.97. The second-order valence-corrected chi connectivity index (χ2v) is 6.68. The molecule has 1 amide bonds. The molecule has 9 heteroatoms. The molecule has 3 N–H and O–H groups in total. The number of hydrogen-bond acceptors (Lipinski definition) is 4. The van der Waals surface area contributed by atoms with E-state index < -0.39 is 23.6 Å². The molecule has 2 aromatic rings. The molecule has 0 bridgehead atoms. The lowest BCUT2D eigenvalue weighted by Gasteiger charge is -2.30. The monoisotopic (exact) mass is 419 g/mol. The third kappa shape index (κ3) is 4.29. The van der Waals surface area contributed by atoms with Crippen LogP contribution in [-0.2, 0) is 4.79 Å². The molecule has 1 heterocycles. The Bertz CT molecular complexity index is 1010. The van der Waals surface area contributed by atoms with Gasteiger partial charge in [-0.15, -0.1) is 0 Å². The van der Waals surface area contributed by atoms with Crippen LogP contribution in [0.5, 0.6) is 11.5 Å². The van der Waals surface area contributed by atoms with Crippen molar-refractivity contribution in [3.63, 3.8) is 0 Å². The molecule has 0 unspecified atom stereocenters. The van der Waals surface area contributed by atoms with Crippen molar-refractivity contribution >= 4 is 28.9 Å². The first kappa shape index (κ1) is 20.5. The molecule has 0 radical (unpaired) electrons. The van der Waals surface area contributed by atoms with E-state index in [1.54, 1.807) is 25.1 Å². The van der Waals surface area contributed by atoms with E-state index in [4.69, 9.17) is 21.7 Å². The van der Waals surface area contributed by atoms with Gasteiger partial charge in [0.2, 0.25) is 0 Å². The van der Waals surface area contributed by atoms with Crippen LogP contribution in [0.25, 0.3) is 0 Å². The molecule has 0 saturated carbocycles. The number of amides is 1. The zero-order chi connectivity index (χ0) is 21.1. The summed E-state index contributed by atoms with van der Waals surface area (Å²) in [6.45, 7) is 1.71. The highest BCUT2D eigenvalue weighted by Gasteiger charge is 2.30. The Morgan fingerprint density at radius 2 is 1.79 bits per heavy atom. The number of ether oxygens (including phenoxy) is 2. The van der Waals surface area contributed by atoms with E-state index in [9.17, 15) is 13.6 Å². The summed E-state index contributed by atoms with van der Waals surface area (Å²) >= 11 is 5.24. The van der Waals surface area contributed by atoms with E-state index in [-0.39, 0.29) is 5.69 Å². The molecular weight excluding hydrogens is 400 g/mol. The number of thiocarbonyl (C=S) groups is 1. The number of hydrogen-bond donors (Lipinski definition) is 3.